The van der Waals surface area contributed by atoms with Crippen LogP contribution in [-0.2, 0) is 11.3 Å². The maximum absolute atomic E-state index is 12.8. The molecule has 0 saturated heterocycles. The number of carbonyl (C=O) groups excluding carboxylic acids is 1. The van der Waals surface area contributed by atoms with Crippen LogP contribution in [0.3, 0.4) is 0 Å². The van der Waals surface area contributed by atoms with Crippen LogP contribution >= 0.6 is 0 Å². The lowest BCUT2D eigenvalue weighted by Gasteiger charge is -1.97. The normalized spacial score (nSPS) is 11.3. The number of H-pyrrole nitrogens is 1. The van der Waals surface area contributed by atoms with Gasteiger partial charge in [-0.3, -0.25) is 9.89 Å². The molecule has 0 atom stereocenters. The lowest BCUT2D eigenvalue weighted by Crippen LogP contribution is -2.20. The number of nitrogens with zero attached hydrogens (tertiary/aromatic N) is 2. The van der Waals surface area contributed by atoms with Gasteiger partial charge in [-0.15, -0.1) is 0 Å². The Morgan fingerprint density at radius 2 is 2.10 bits per heavy atom. The van der Waals surface area contributed by atoms with Gasteiger partial charge in [0.2, 0.25) is 5.91 Å². The second kappa shape index (κ2) is 7.14. The summed E-state index contributed by atoms with van der Waals surface area (Å²) in [5.74, 6) is 0.466. The van der Waals surface area contributed by atoms with E-state index in [2.05, 4.69) is 20.5 Å². The topological polar surface area (TPSA) is 70.7 Å². The predicted octanol–water partition coefficient (Wildman–Crippen LogP) is 2.36. The van der Waals surface area contributed by atoms with Gasteiger partial charge in [0.15, 0.2) is 5.82 Å². The lowest BCUT2D eigenvalue weighted by atomic mass is 10.2. The van der Waals surface area contributed by atoms with E-state index in [-0.39, 0.29) is 18.3 Å². The molecule has 2 aromatic rings. The Labute approximate surface area is 121 Å². The maximum Gasteiger partial charge on any atom is 0.244 e. The zero-order valence-electron chi connectivity index (χ0n) is 11.5. The van der Waals surface area contributed by atoms with Gasteiger partial charge in [0.25, 0.3) is 0 Å². The fraction of sp³-hybridized carbons (Fsp3) is 0.133. The van der Waals surface area contributed by atoms with Crippen LogP contribution in [0, 0.1) is 5.82 Å². The van der Waals surface area contributed by atoms with Crippen LogP contribution in [0.1, 0.15) is 12.7 Å². The van der Waals surface area contributed by atoms with Crippen LogP contribution in [-0.4, -0.2) is 21.1 Å². The minimum absolute atomic E-state index is 0.215. The molecule has 1 aromatic heterocycles. The molecule has 2 rings (SSSR count). The van der Waals surface area contributed by atoms with E-state index in [1.165, 1.54) is 18.2 Å². The van der Waals surface area contributed by atoms with Crippen molar-refractivity contribution in [3.63, 3.8) is 0 Å². The fourth-order valence-corrected chi connectivity index (χ4v) is 1.59. The van der Waals surface area contributed by atoms with Gasteiger partial charge in [-0.2, -0.15) is 5.10 Å². The number of hydrogen-bond acceptors (Lipinski definition) is 3. The van der Waals surface area contributed by atoms with Crippen molar-refractivity contribution in [2.24, 2.45) is 0 Å². The van der Waals surface area contributed by atoms with Crippen molar-refractivity contribution in [1.29, 1.82) is 0 Å². The molecule has 2 N–H and O–H groups in total. The molecule has 0 saturated carbocycles. The van der Waals surface area contributed by atoms with Crippen LogP contribution in [0.5, 0.6) is 0 Å². The fourth-order valence-electron chi connectivity index (χ4n) is 1.59. The second-order valence-corrected chi connectivity index (χ2v) is 4.22. The van der Waals surface area contributed by atoms with Crippen LogP contribution < -0.4 is 5.32 Å². The van der Waals surface area contributed by atoms with Crippen LogP contribution in [0.15, 0.2) is 48.6 Å². The number of benzene rings is 1. The van der Waals surface area contributed by atoms with E-state index >= 15 is 0 Å². The first-order chi connectivity index (χ1) is 10.2. The van der Waals surface area contributed by atoms with Crippen LogP contribution in [0.2, 0.25) is 0 Å². The molecule has 1 aromatic carbocycles. The molecule has 0 bridgehead atoms. The van der Waals surface area contributed by atoms with Gasteiger partial charge in [-0.05, 0) is 31.2 Å². The number of aromatic amines is 1. The van der Waals surface area contributed by atoms with Gasteiger partial charge in [0.05, 0.1) is 6.54 Å². The minimum Gasteiger partial charge on any atom is -0.345 e. The summed E-state index contributed by atoms with van der Waals surface area (Å²) < 4.78 is 12.8. The van der Waals surface area contributed by atoms with E-state index in [0.29, 0.717) is 17.2 Å². The van der Waals surface area contributed by atoms with Crippen molar-refractivity contribution >= 4 is 5.91 Å². The summed E-state index contributed by atoms with van der Waals surface area (Å²) in [6, 6.07) is 5.89. The highest BCUT2D eigenvalue weighted by atomic mass is 19.1. The van der Waals surface area contributed by atoms with Crippen LogP contribution in [0.25, 0.3) is 11.4 Å². The molecular formula is C15H15FN4O. The van der Waals surface area contributed by atoms with E-state index in [1.54, 1.807) is 24.3 Å². The first-order valence-corrected chi connectivity index (χ1v) is 6.43. The third-order valence-electron chi connectivity index (χ3n) is 2.62. The summed E-state index contributed by atoms with van der Waals surface area (Å²) >= 11 is 0. The number of amides is 1. The third kappa shape index (κ3) is 4.38. The smallest absolute Gasteiger partial charge is 0.244 e. The number of aromatic nitrogens is 3. The van der Waals surface area contributed by atoms with Gasteiger partial charge in [0, 0.05) is 11.6 Å². The number of carbonyl (C=O) groups is 1. The van der Waals surface area contributed by atoms with Gasteiger partial charge in [-0.1, -0.05) is 18.2 Å². The number of rotatable bonds is 5. The van der Waals surface area contributed by atoms with Crippen molar-refractivity contribution < 1.29 is 9.18 Å². The monoisotopic (exact) mass is 286 g/mol. The summed E-state index contributed by atoms with van der Waals surface area (Å²) in [4.78, 5) is 15.7. The highest BCUT2D eigenvalue weighted by molar-refractivity contribution is 5.87. The van der Waals surface area contributed by atoms with Gasteiger partial charge < -0.3 is 5.32 Å². The molecule has 1 amide bonds. The Kier molecular flexibility index (Phi) is 4.98. The highest BCUT2D eigenvalue weighted by Crippen LogP contribution is 2.14. The molecule has 5 nitrogen and oxygen atoms in total. The number of allylic oxidation sites excluding steroid dienone is 3. The molecule has 0 aliphatic heterocycles. The maximum atomic E-state index is 12.8. The average molecular weight is 286 g/mol. The molecule has 1 heterocycles. The quantitative estimate of drug-likeness (QED) is 0.654. The number of halogens is 1. The van der Waals surface area contributed by atoms with E-state index in [1.807, 2.05) is 13.0 Å². The van der Waals surface area contributed by atoms with Crippen molar-refractivity contribution in [2.75, 3.05) is 0 Å². The van der Waals surface area contributed by atoms with E-state index < -0.39 is 0 Å². The van der Waals surface area contributed by atoms with Gasteiger partial charge in [-0.25, -0.2) is 9.37 Å². The van der Waals surface area contributed by atoms with Gasteiger partial charge in [0.1, 0.15) is 11.6 Å². The summed E-state index contributed by atoms with van der Waals surface area (Å²) in [7, 11) is 0. The Hall–Kier alpha value is -2.76. The minimum atomic E-state index is -0.310. The molecule has 108 valence electrons. The first-order valence-electron chi connectivity index (χ1n) is 6.43. The Morgan fingerprint density at radius 3 is 2.81 bits per heavy atom. The van der Waals surface area contributed by atoms with E-state index in [4.69, 9.17) is 0 Å². The molecule has 0 unspecified atom stereocenters. The molecule has 0 fully saturated rings. The molecule has 21 heavy (non-hydrogen) atoms. The standard InChI is InChI=1S/C15H15FN4O/c1-2-3-4-5-14(21)17-10-13-18-15(20-19-13)11-6-8-12(16)9-7-11/h2-9H,10H2,1H3,(H,17,21)(H,18,19,20). The average Bonchev–Trinajstić information content (AvgIpc) is 2.95. The predicted molar refractivity (Wildman–Crippen MR) is 77.6 cm³/mol. The number of hydrogen-bond donors (Lipinski definition) is 2. The molecule has 0 radical (unpaired) electrons. The second-order valence-electron chi connectivity index (χ2n) is 4.22. The molecule has 0 aliphatic rings. The molecule has 0 spiro atoms. The Bertz CT molecular complexity index is 659. The van der Waals surface area contributed by atoms with Gasteiger partial charge >= 0.3 is 0 Å². The summed E-state index contributed by atoms with van der Waals surface area (Å²) in [5.41, 5.74) is 0.707. The van der Waals surface area contributed by atoms with Crippen LogP contribution in [0.4, 0.5) is 4.39 Å². The van der Waals surface area contributed by atoms with Crippen molar-refractivity contribution in [3.05, 3.63) is 60.2 Å². The number of nitrogens with one attached hydrogen (secondary N) is 2. The summed E-state index contributed by atoms with van der Waals surface area (Å²) in [6.45, 7) is 2.11. The van der Waals surface area contributed by atoms with Crippen molar-refractivity contribution in [1.82, 2.24) is 20.5 Å². The third-order valence-corrected chi connectivity index (χ3v) is 2.62. The van der Waals surface area contributed by atoms with E-state index in [0.717, 1.165) is 0 Å². The Balaban J connectivity index is 1.94. The molecule has 6 heteroatoms. The van der Waals surface area contributed by atoms with Crippen molar-refractivity contribution in [3.8, 4) is 11.4 Å². The SMILES string of the molecule is CC=CC=CC(=O)NCc1nc(-c2ccc(F)cc2)n[nH]1. The first kappa shape index (κ1) is 14.6. The zero-order valence-corrected chi connectivity index (χ0v) is 11.5. The molecule has 0 aliphatic carbocycles. The largest absolute Gasteiger partial charge is 0.345 e. The Morgan fingerprint density at radius 1 is 1.33 bits per heavy atom. The van der Waals surface area contributed by atoms with Crippen molar-refractivity contribution in [2.45, 2.75) is 13.5 Å². The summed E-state index contributed by atoms with van der Waals surface area (Å²) in [6.07, 6.45) is 6.67. The van der Waals surface area contributed by atoms with E-state index in [9.17, 15) is 9.18 Å². The lowest BCUT2D eigenvalue weighted by molar-refractivity contribution is -0.116. The highest BCUT2D eigenvalue weighted by Gasteiger charge is 2.06. The summed E-state index contributed by atoms with van der Waals surface area (Å²) in [5, 5.41) is 9.44. The molecular weight excluding hydrogens is 271 g/mol. The zero-order chi connectivity index (χ0) is 15.1.